The summed E-state index contributed by atoms with van der Waals surface area (Å²) >= 11 is -0.701. The van der Waals surface area contributed by atoms with Crippen LogP contribution in [0.5, 0.6) is 0 Å². The van der Waals surface area contributed by atoms with Crippen molar-refractivity contribution in [3.63, 3.8) is 0 Å². The van der Waals surface area contributed by atoms with E-state index in [1.807, 2.05) is 0 Å². The van der Waals surface area contributed by atoms with E-state index in [-0.39, 0.29) is 0 Å². The number of hydrogen-bond acceptors (Lipinski definition) is 1. The Hall–Kier alpha value is 0.388. The van der Waals surface area contributed by atoms with Gasteiger partial charge in [0.1, 0.15) is 0 Å². The number of nitrogens with one attached hydrogen (secondary N) is 1. The van der Waals surface area contributed by atoms with Crippen LogP contribution in [0.2, 0.25) is 10.6 Å². The van der Waals surface area contributed by atoms with Crippen molar-refractivity contribution in [1.82, 2.24) is 5.32 Å². The van der Waals surface area contributed by atoms with Gasteiger partial charge < -0.3 is 0 Å². The molecule has 0 spiro atoms. The molecule has 1 aliphatic carbocycles. The maximum atomic E-state index is 3.48. The van der Waals surface area contributed by atoms with Crippen LogP contribution in [0.15, 0.2) is 12.2 Å². The summed E-state index contributed by atoms with van der Waals surface area (Å²) in [6, 6.07) is 0. The predicted molar refractivity (Wildman–Crippen MR) is 41.9 cm³/mol. The van der Waals surface area contributed by atoms with Crippen LogP contribution in [0.4, 0.5) is 0 Å². The van der Waals surface area contributed by atoms with Crippen LogP contribution in [0.1, 0.15) is 12.8 Å². The van der Waals surface area contributed by atoms with Gasteiger partial charge in [0.2, 0.25) is 0 Å². The average molecular weight is 321 g/mol. The van der Waals surface area contributed by atoms with Crippen molar-refractivity contribution >= 4 is 0 Å². The van der Waals surface area contributed by atoms with Crippen molar-refractivity contribution in [2.45, 2.75) is 27.4 Å². The van der Waals surface area contributed by atoms with Crippen molar-refractivity contribution in [2.24, 2.45) is 0 Å². The fourth-order valence-corrected chi connectivity index (χ4v) is 4.76. The molecule has 0 aliphatic heterocycles. The summed E-state index contributed by atoms with van der Waals surface area (Å²) < 4.78 is 0.532. The van der Waals surface area contributed by atoms with Crippen LogP contribution < -0.4 is 5.32 Å². The van der Waals surface area contributed by atoms with E-state index in [0.717, 1.165) is 0 Å². The fourth-order valence-electron chi connectivity index (χ4n) is 1.23. The molecule has 1 rings (SSSR count). The van der Waals surface area contributed by atoms with Gasteiger partial charge >= 0.3 is 69.2 Å². The molecule has 1 nitrogen and oxygen atoms in total. The van der Waals surface area contributed by atoms with Crippen LogP contribution in [-0.4, -0.2) is 11.0 Å². The molecule has 0 atom stereocenters. The Morgan fingerprint density at radius 2 is 1.80 bits per heavy atom. The van der Waals surface area contributed by atoms with E-state index in [2.05, 4.69) is 35.1 Å². The van der Waals surface area contributed by atoms with Gasteiger partial charge in [0.15, 0.2) is 0 Å². The Morgan fingerprint density at radius 3 is 2.00 bits per heavy atom. The van der Waals surface area contributed by atoms with E-state index in [1.165, 1.54) is 12.8 Å². The summed E-state index contributed by atoms with van der Waals surface area (Å²) in [5, 5.41) is 8.36. The second kappa shape index (κ2) is 3.19. The average Bonchev–Trinajstić information content (AvgIpc) is 2.35. The molecule has 2 heteroatoms. The van der Waals surface area contributed by atoms with E-state index in [0.29, 0.717) is 3.93 Å². The Bertz CT molecular complexity index is 132. The third-order valence-electron chi connectivity index (χ3n) is 2.06. The van der Waals surface area contributed by atoms with Crippen LogP contribution in [0, 0.1) is 0 Å². The second-order valence-corrected chi connectivity index (χ2v) is 9.39. The maximum absolute atomic E-state index is 3.48. The molecule has 0 amide bonds. The number of hydrogen-bond donors (Lipinski definition) is 1. The third-order valence-corrected chi connectivity index (χ3v) is 7.91. The van der Waals surface area contributed by atoms with Crippen LogP contribution in [0.3, 0.4) is 0 Å². The normalized spacial score (nSPS) is 23.3. The first-order valence-corrected chi connectivity index (χ1v) is 9.08. The molecule has 0 bridgehead atoms. The quantitative estimate of drug-likeness (QED) is 0.767. The van der Waals surface area contributed by atoms with E-state index >= 15 is 0 Å². The standard InChI is InChI=1S/C6H10N.2CH3.Pt/c1-7-6-4-2-3-5-6;;;/h2-3,7H,4-5H2,1H3;2*1H3;. The SMILES string of the molecule is CN[C]1([Pt]([CH3])[CH3])CC=CC1. The van der Waals surface area contributed by atoms with Gasteiger partial charge in [-0.3, -0.25) is 0 Å². The van der Waals surface area contributed by atoms with Gasteiger partial charge in [-0.25, -0.2) is 0 Å². The van der Waals surface area contributed by atoms with Crippen LogP contribution >= 0.6 is 0 Å². The van der Waals surface area contributed by atoms with E-state index < -0.39 is 17.3 Å². The molecule has 0 radical (unpaired) electrons. The zero-order valence-electron chi connectivity index (χ0n) is 6.89. The van der Waals surface area contributed by atoms with Crippen LogP contribution in [-0.2, 0) is 17.3 Å². The molecule has 0 aromatic rings. The molecule has 0 fully saturated rings. The second-order valence-electron chi connectivity index (χ2n) is 2.67. The molecular formula is C8H16NPt. The molecular weight excluding hydrogens is 305 g/mol. The molecule has 0 saturated heterocycles. The molecule has 1 aliphatic rings. The topological polar surface area (TPSA) is 12.0 Å². The predicted octanol–water partition coefficient (Wildman–Crippen LogP) is 1.97. The first kappa shape index (κ1) is 8.48. The van der Waals surface area contributed by atoms with E-state index in [9.17, 15) is 0 Å². The minimum absolute atomic E-state index is 0.532. The van der Waals surface area contributed by atoms with Gasteiger partial charge in [-0.05, 0) is 0 Å². The molecule has 10 heavy (non-hydrogen) atoms. The zero-order chi connectivity index (χ0) is 7.61. The summed E-state index contributed by atoms with van der Waals surface area (Å²) in [6.07, 6.45) is 7.16. The van der Waals surface area contributed by atoms with Gasteiger partial charge in [0, 0.05) is 0 Å². The molecule has 0 aromatic carbocycles. The Balaban J connectivity index is 2.61. The Labute approximate surface area is 69.5 Å². The van der Waals surface area contributed by atoms with E-state index in [4.69, 9.17) is 0 Å². The minimum atomic E-state index is -0.701. The monoisotopic (exact) mass is 321 g/mol. The summed E-state index contributed by atoms with van der Waals surface area (Å²) in [7, 11) is 2.10. The molecule has 0 saturated carbocycles. The molecule has 0 heterocycles. The molecule has 0 unspecified atom stereocenters. The van der Waals surface area contributed by atoms with Gasteiger partial charge in [-0.2, -0.15) is 0 Å². The van der Waals surface area contributed by atoms with Crippen molar-refractivity contribution in [3.05, 3.63) is 12.2 Å². The van der Waals surface area contributed by atoms with Crippen molar-refractivity contribution in [2.75, 3.05) is 7.05 Å². The molecule has 1 N–H and O–H groups in total. The summed E-state index contributed by atoms with van der Waals surface area (Å²) in [6.45, 7) is 0. The summed E-state index contributed by atoms with van der Waals surface area (Å²) in [4.78, 5) is 0. The molecule has 63 valence electrons. The summed E-state index contributed by atoms with van der Waals surface area (Å²) in [5.74, 6) is 0. The van der Waals surface area contributed by atoms with Crippen molar-refractivity contribution in [3.8, 4) is 0 Å². The van der Waals surface area contributed by atoms with Crippen LogP contribution in [0.25, 0.3) is 0 Å². The van der Waals surface area contributed by atoms with Gasteiger partial charge in [-0.1, -0.05) is 0 Å². The number of rotatable bonds is 2. The Morgan fingerprint density at radius 1 is 1.30 bits per heavy atom. The first-order chi connectivity index (χ1) is 4.71. The molecule has 0 aromatic heterocycles. The summed E-state index contributed by atoms with van der Waals surface area (Å²) in [5.41, 5.74) is 0. The fraction of sp³-hybridized carbons (Fsp3) is 0.750. The van der Waals surface area contributed by atoms with Gasteiger partial charge in [-0.15, -0.1) is 0 Å². The van der Waals surface area contributed by atoms with Gasteiger partial charge in [0.05, 0.1) is 0 Å². The van der Waals surface area contributed by atoms with Gasteiger partial charge in [0.25, 0.3) is 0 Å². The van der Waals surface area contributed by atoms with Crippen molar-refractivity contribution in [1.29, 1.82) is 0 Å². The van der Waals surface area contributed by atoms with E-state index in [1.54, 1.807) is 0 Å². The third kappa shape index (κ3) is 1.35. The zero-order valence-corrected chi connectivity index (χ0v) is 9.16. The van der Waals surface area contributed by atoms with Crippen molar-refractivity contribution < 1.29 is 17.3 Å². The first-order valence-electron chi connectivity index (χ1n) is 3.40. The Kier molecular flexibility index (Phi) is 2.71.